The van der Waals surface area contributed by atoms with E-state index in [0.717, 1.165) is 75.9 Å². The molecule has 0 bridgehead atoms. The van der Waals surface area contributed by atoms with E-state index < -0.39 is 0 Å². The van der Waals surface area contributed by atoms with Gasteiger partial charge in [-0.1, -0.05) is 12.1 Å². The van der Waals surface area contributed by atoms with Gasteiger partial charge in [-0.3, -0.25) is 14.7 Å². The van der Waals surface area contributed by atoms with Gasteiger partial charge >= 0.3 is 0 Å². The van der Waals surface area contributed by atoms with Gasteiger partial charge in [0.05, 0.1) is 6.04 Å². The number of hydrogen-bond donors (Lipinski definition) is 1. The lowest BCUT2D eigenvalue weighted by molar-refractivity contribution is -0.135. The van der Waals surface area contributed by atoms with Gasteiger partial charge in [-0.25, -0.2) is 0 Å². The van der Waals surface area contributed by atoms with Crippen molar-refractivity contribution in [3.8, 4) is 5.75 Å². The molecule has 2 aliphatic heterocycles. The first kappa shape index (κ1) is 27.7. The number of guanidine groups is 1. The number of hydrogen-bond acceptors (Lipinski definition) is 5. The number of halogens is 1. The minimum atomic E-state index is -0.0412. The molecular weight excluding hydrogens is 531 g/mol. The Morgan fingerprint density at radius 2 is 1.82 bits per heavy atom. The Balaban J connectivity index is 0.00000385. The number of rotatable bonds is 8. The number of nitrogens with one attached hydrogen (secondary N) is 1. The van der Waals surface area contributed by atoms with Crippen molar-refractivity contribution in [2.24, 2.45) is 4.99 Å². The first-order valence-electron chi connectivity index (χ1n) is 11.8. The Morgan fingerprint density at radius 1 is 1.12 bits per heavy atom. The zero-order valence-electron chi connectivity index (χ0n) is 20.6. The number of likely N-dealkylation sites (tertiary alicyclic amines) is 1. The summed E-state index contributed by atoms with van der Waals surface area (Å²) in [4.78, 5) is 25.9. The zero-order chi connectivity index (χ0) is 22.9. The van der Waals surface area contributed by atoms with E-state index in [0.29, 0.717) is 13.2 Å². The molecule has 2 fully saturated rings. The van der Waals surface area contributed by atoms with Gasteiger partial charge in [0.1, 0.15) is 12.4 Å². The molecule has 8 nitrogen and oxygen atoms in total. The summed E-state index contributed by atoms with van der Waals surface area (Å²) in [7, 11) is 5.91. The lowest BCUT2D eigenvalue weighted by Crippen LogP contribution is -2.57. The minimum absolute atomic E-state index is 0. The van der Waals surface area contributed by atoms with Crippen LogP contribution in [0.2, 0.25) is 0 Å². The van der Waals surface area contributed by atoms with Gasteiger partial charge in [-0.05, 0) is 51.6 Å². The number of nitrogens with zero attached hydrogens (tertiary/aromatic N) is 5. The maximum absolute atomic E-state index is 12.7. The summed E-state index contributed by atoms with van der Waals surface area (Å²) in [6.45, 7) is 9.63. The predicted molar refractivity (Wildman–Crippen MR) is 145 cm³/mol. The molecule has 0 radical (unpaired) electrons. The quantitative estimate of drug-likeness (QED) is 0.292. The number of ether oxygens (including phenoxy) is 1. The maximum atomic E-state index is 12.7. The standard InChI is InChI=1S/C24H40N6O2.HI/c1-20(23(31)29-10-5-6-11-29)28-12-14-30(15-13-28)24(25-2)26-19-21-8-7-9-22(18-21)32-17-16-27(3)4;/h7-9,18,20H,5-6,10-17,19H2,1-4H3,(H,25,26);1H. The van der Waals surface area contributed by atoms with Gasteiger partial charge in [-0.2, -0.15) is 0 Å². The Bertz CT molecular complexity index is 761. The van der Waals surface area contributed by atoms with Crippen molar-refractivity contribution in [1.29, 1.82) is 0 Å². The van der Waals surface area contributed by atoms with Gasteiger partial charge in [0.15, 0.2) is 5.96 Å². The van der Waals surface area contributed by atoms with Crippen LogP contribution in [0.1, 0.15) is 25.3 Å². The highest BCUT2D eigenvalue weighted by Crippen LogP contribution is 2.15. The molecule has 9 heteroatoms. The average molecular weight is 573 g/mol. The molecule has 1 aromatic carbocycles. The first-order chi connectivity index (χ1) is 15.5. The van der Waals surface area contributed by atoms with Crippen molar-refractivity contribution in [3.63, 3.8) is 0 Å². The fourth-order valence-electron chi connectivity index (χ4n) is 4.28. The molecule has 186 valence electrons. The highest BCUT2D eigenvalue weighted by molar-refractivity contribution is 14.0. The van der Waals surface area contributed by atoms with Crippen LogP contribution in [0.3, 0.4) is 0 Å². The number of carbonyl (C=O) groups excluding carboxylic acids is 1. The molecule has 1 unspecified atom stereocenters. The highest BCUT2D eigenvalue weighted by atomic mass is 127. The molecule has 2 heterocycles. The third-order valence-corrected chi connectivity index (χ3v) is 6.30. The number of benzene rings is 1. The van der Waals surface area contributed by atoms with E-state index in [9.17, 15) is 4.79 Å². The number of aliphatic imine (C=N–C) groups is 1. The smallest absolute Gasteiger partial charge is 0.239 e. The molecule has 2 aliphatic rings. The molecule has 1 amide bonds. The summed E-state index contributed by atoms with van der Waals surface area (Å²) in [5.41, 5.74) is 1.16. The van der Waals surface area contributed by atoms with Crippen LogP contribution in [0.25, 0.3) is 0 Å². The van der Waals surface area contributed by atoms with Gasteiger partial charge in [0, 0.05) is 59.4 Å². The summed E-state index contributed by atoms with van der Waals surface area (Å²) in [5.74, 6) is 2.08. The summed E-state index contributed by atoms with van der Waals surface area (Å²) < 4.78 is 5.85. The number of likely N-dealkylation sites (N-methyl/N-ethyl adjacent to an activating group) is 1. The summed E-state index contributed by atoms with van der Waals surface area (Å²) in [5, 5.41) is 3.49. The molecule has 3 rings (SSSR count). The van der Waals surface area contributed by atoms with Crippen molar-refractivity contribution >= 4 is 35.8 Å². The summed E-state index contributed by atoms with van der Waals surface area (Å²) >= 11 is 0. The van der Waals surface area contributed by atoms with E-state index in [1.807, 2.05) is 38.2 Å². The lowest BCUT2D eigenvalue weighted by atomic mass is 10.2. The monoisotopic (exact) mass is 572 g/mol. The van der Waals surface area contributed by atoms with Crippen LogP contribution < -0.4 is 10.1 Å². The Labute approximate surface area is 216 Å². The molecule has 1 aromatic rings. The number of amides is 1. The Kier molecular flexibility index (Phi) is 11.7. The molecule has 33 heavy (non-hydrogen) atoms. The van der Waals surface area contributed by atoms with Crippen LogP contribution in [0.4, 0.5) is 0 Å². The molecule has 1 atom stereocenters. The fourth-order valence-corrected chi connectivity index (χ4v) is 4.28. The van der Waals surface area contributed by atoms with Crippen LogP contribution in [0.5, 0.6) is 5.75 Å². The normalized spacial score (nSPS) is 18.3. The van der Waals surface area contributed by atoms with E-state index in [2.05, 4.69) is 44.1 Å². The summed E-state index contributed by atoms with van der Waals surface area (Å²) in [6, 6.07) is 8.17. The van der Waals surface area contributed by atoms with Crippen LogP contribution in [-0.2, 0) is 11.3 Å². The third-order valence-electron chi connectivity index (χ3n) is 6.30. The SMILES string of the molecule is CN=C(NCc1cccc(OCCN(C)C)c1)N1CCN(C(C)C(=O)N2CCCC2)CC1.I. The molecular formula is C24H41IN6O2. The second-order valence-corrected chi connectivity index (χ2v) is 8.93. The van der Waals surface area contributed by atoms with E-state index in [1.165, 1.54) is 0 Å². The third kappa shape index (κ3) is 8.29. The Hall–Kier alpha value is -1.59. The largest absolute Gasteiger partial charge is 0.492 e. The predicted octanol–water partition coefficient (Wildman–Crippen LogP) is 1.95. The average Bonchev–Trinajstić information content (AvgIpc) is 3.34. The van der Waals surface area contributed by atoms with Crippen molar-refractivity contribution < 1.29 is 9.53 Å². The highest BCUT2D eigenvalue weighted by Gasteiger charge is 2.30. The number of piperazine rings is 1. The maximum Gasteiger partial charge on any atom is 0.239 e. The Morgan fingerprint density at radius 3 is 2.45 bits per heavy atom. The molecule has 0 aromatic heterocycles. The van der Waals surface area contributed by atoms with E-state index in [4.69, 9.17) is 4.74 Å². The number of carbonyl (C=O) groups is 1. The van der Waals surface area contributed by atoms with E-state index >= 15 is 0 Å². The minimum Gasteiger partial charge on any atom is -0.492 e. The van der Waals surface area contributed by atoms with Crippen LogP contribution in [0, 0.1) is 0 Å². The molecule has 0 aliphatic carbocycles. The van der Waals surface area contributed by atoms with Crippen LogP contribution >= 0.6 is 24.0 Å². The fraction of sp³-hybridized carbons (Fsp3) is 0.667. The van der Waals surface area contributed by atoms with Gasteiger partial charge in [0.2, 0.25) is 5.91 Å². The topological polar surface area (TPSA) is 63.7 Å². The van der Waals surface area contributed by atoms with E-state index in [1.54, 1.807) is 0 Å². The molecule has 2 saturated heterocycles. The van der Waals surface area contributed by atoms with Crippen molar-refractivity contribution in [1.82, 2.24) is 24.9 Å². The van der Waals surface area contributed by atoms with Crippen LogP contribution in [-0.4, -0.2) is 111 Å². The molecule has 0 spiro atoms. The van der Waals surface area contributed by atoms with Gasteiger partial charge in [-0.15, -0.1) is 24.0 Å². The van der Waals surface area contributed by atoms with Crippen molar-refractivity contribution in [2.45, 2.75) is 32.4 Å². The molecule has 1 N–H and O–H groups in total. The van der Waals surface area contributed by atoms with Crippen molar-refractivity contribution in [3.05, 3.63) is 29.8 Å². The second-order valence-electron chi connectivity index (χ2n) is 8.93. The van der Waals surface area contributed by atoms with Crippen LogP contribution in [0.15, 0.2) is 29.3 Å². The van der Waals surface area contributed by atoms with Gasteiger partial charge < -0.3 is 24.8 Å². The van der Waals surface area contributed by atoms with E-state index in [-0.39, 0.29) is 35.9 Å². The lowest BCUT2D eigenvalue weighted by Gasteiger charge is -2.39. The second kappa shape index (κ2) is 14.0. The molecule has 0 saturated carbocycles. The summed E-state index contributed by atoms with van der Waals surface area (Å²) in [6.07, 6.45) is 2.28. The zero-order valence-corrected chi connectivity index (χ0v) is 23.0. The van der Waals surface area contributed by atoms with Gasteiger partial charge in [0.25, 0.3) is 0 Å². The van der Waals surface area contributed by atoms with Crippen molar-refractivity contribution in [2.75, 3.05) is 73.6 Å². The first-order valence-corrected chi connectivity index (χ1v) is 11.8.